The number of carboxylic acid groups (broad SMARTS) is 3. The topological polar surface area (TPSA) is 140 Å². The molecular formula is C23H30F9N3O7. The maximum Gasteiger partial charge on any atom is 0.490 e. The Kier molecular flexibility index (Phi) is 15.2. The van der Waals surface area contributed by atoms with E-state index in [4.69, 9.17) is 34.4 Å². The summed E-state index contributed by atoms with van der Waals surface area (Å²) < 4.78 is 101. The molecule has 0 bridgehead atoms. The predicted molar refractivity (Wildman–Crippen MR) is 125 cm³/mol. The van der Waals surface area contributed by atoms with Crippen molar-refractivity contribution in [1.29, 1.82) is 0 Å². The minimum atomic E-state index is -5.08. The lowest BCUT2D eigenvalue weighted by Gasteiger charge is -2.35. The maximum atomic E-state index is 10.6. The molecule has 0 aliphatic carbocycles. The van der Waals surface area contributed by atoms with Crippen LogP contribution in [0.4, 0.5) is 39.5 Å². The van der Waals surface area contributed by atoms with Gasteiger partial charge in [0.1, 0.15) is 0 Å². The number of pyridine rings is 1. The average Bonchev–Trinajstić information content (AvgIpc) is 3.19. The normalized spacial score (nSPS) is 20.5. The Morgan fingerprint density at radius 1 is 0.929 bits per heavy atom. The first kappa shape index (κ1) is 38.8. The Bertz CT molecular complexity index is 961. The molecule has 3 heterocycles. The molecule has 242 valence electrons. The molecule has 0 spiro atoms. The highest BCUT2D eigenvalue weighted by molar-refractivity contribution is 5.73. The lowest BCUT2D eigenvalue weighted by Crippen LogP contribution is -2.42. The molecule has 42 heavy (non-hydrogen) atoms. The van der Waals surface area contributed by atoms with Gasteiger partial charge in [0.25, 0.3) is 0 Å². The third-order valence-electron chi connectivity index (χ3n) is 5.48. The molecule has 3 N–H and O–H groups in total. The van der Waals surface area contributed by atoms with Crippen molar-refractivity contribution in [2.45, 2.75) is 44.5 Å². The molecule has 0 amide bonds. The van der Waals surface area contributed by atoms with E-state index in [1.807, 2.05) is 0 Å². The quantitative estimate of drug-likeness (QED) is 0.422. The van der Waals surface area contributed by atoms with E-state index in [2.05, 4.69) is 54.0 Å². The second-order valence-corrected chi connectivity index (χ2v) is 9.26. The molecule has 19 heteroatoms. The van der Waals surface area contributed by atoms with Gasteiger partial charge in [-0.1, -0.05) is 6.07 Å². The number of hydrogen-bond donors (Lipinski definition) is 3. The van der Waals surface area contributed by atoms with Crippen molar-refractivity contribution in [3.8, 4) is 0 Å². The van der Waals surface area contributed by atoms with Crippen LogP contribution in [0, 0.1) is 18.8 Å². The number of alkyl halides is 9. The van der Waals surface area contributed by atoms with E-state index in [1.54, 1.807) is 0 Å². The van der Waals surface area contributed by atoms with Gasteiger partial charge in [0.05, 0.1) is 18.4 Å². The van der Waals surface area contributed by atoms with Crippen molar-refractivity contribution in [2.24, 2.45) is 11.8 Å². The van der Waals surface area contributed by atoms with Crippen molar-refractivity contribution >= 4 is 17.9 Å². The molecule has 0 saturated carbocycles. The summed E-state index contributed by atoms with van der Waals surface area (Å²) in [5.74, 6) is -6.82. The molecule has 0 unspecified atom stereocenters. The summed E-state index contributed by atoms with van der Waals surface area (Å²) >= 11 is 0. The lowest BCUT2D eigenvalue weighted by molar-refractivity contribution is -0.193. The van der Waals surface area contributed by atoms with Gasteiger partial charge in [0.2, 0.25) is 0 Å². The van der Waals surface area contributed by atoms with Gasteiger partial charge in [-0.3, -0.25) is 9.88 Å². The molecule has 0 aromatic carbocycles. The van der Waals surface area contributed by atoms with E-state index >= 15 is 0 Å². The van der Waals surface area contributed by atoms with Crippen LogP contribution in [0.15, 0.2) is 18.2 Å². The summed E-state index contributed by atoms with van der Waals surface area (Å²) in [6.07, 6.45) is -13.6. The number of nitrogens with zero attached hydrogens (tertiary/aromatic N) is 3. The number of hydrogen-bond acceptors (Lipinski definition) is 7. The van der Waals surface area contributed by atoms with E-state index in [0.29, 0.717) is 12.0 Å². The zero-order chi connectivity index (χ0) is 33.1. The van der Waals surface area contributed by atoms with Gasteiger partial charge in [-0.25, -0.2) is 14.4 Å². The Labute approximate surface area is 233 Å². The third-order valence-corrected chi connectivity index (χ3v) is 5.48. The first-order valence-corrected chi connectivity index (χ1v) is 11.8. The Hall–Kier alpha value is -3.19. The fourth-order valence-electron chi connectivity index (χ4n) is 3.77. The molecule has 1 aromatic heterocycles. The number of fused-ring (bicyclic) bond motifs is 1. The smallest absolute Gasteiger partial charge is 0.475 e. The SMILES string of the molecule is Cc1cccc(CN2CC[C@@H]3[C@@H](CO[C@@H]3CN(C)C)C2)n1.O=C(O)C(F)(F)F.O=C(O)C(F)(F)F.O=C(O)C(F)(F)F. The summed E-state index contributed by atoms with van der Waals surface area (Å²) in [5.41, 5.74) is 2.30. The number of aromatic nitrogens is 1. The highest BCUT2D eigenvalue weighted by Crippen LogP contribution is 2.35. The minimum Gasteiger partial charge on any atom is -0.475 e. The van der Waals surface area contributed by atoms with Crippen LogP contribution in [-0.2, 0) is 25.7 Å². The molecule has 2 aliphatic heterocycles. The van der Waals surface area contributed by atoms with Crippen LogP contribution in [0.5, 0.6) is 0 Å². The second kappa shape index (κ2) is 16.4. The molecular weight excluding hydrogens is 601 g/mol. The number of carboxylic acids is 3. The minimum absolute atomic E-state index is 0.434. The third kappa shape index (κ3) is 15.7. The number of aryl methyl sites for hydroxylation is 1. The lowest BCUT2D eigenvalue weighted by atomic mass is 9.84. The highest BCUT2D eigenvalue weighted by atomic mass is 19.4. The summed E-state index contributed by atoms with van der Waals surface area (Å²) in [4.78, 5) is 36.1. The van der Waals surface area contributed by atoms with Crippen LogP contribution >= 0.6 is 0 Å². The number of carbonyl (C=O) groups is 3. The van der Waals surface area contributed by atoms with E-state index < -0.39 is 36.4 Å². The van der Waals surface area contributed by atoms with Gasteiger partial charge in [-0.2, -0.15) is 39.5 Å². The predicted octanol–water partition coefficient (Wildman–Crippen LogP) is 3.69. The van der Waals surface area contributed by atoms with Crippen LogP contribution in [0.1, 0.15) is 17.8 Å². The monoisotopic (exact) mass is 631 g/mol. The van der Waals surface area contributed by atoms with Gasteiger partial charge in [0.15, 0.2) is 0 Å². The molecule has 10 nitrogen and oxygen atoms in total. The van der Waals surface area contributed by atoms with Gasteiger partial charge in [-0.15, -0.1) is 0 Å². The Morgan fingerprint density at radius 3 is 1.76 bits per heavy atom. The standard InChI is InChI=1S/C17H27N3O.3C2HF3O2/c1-13-5-4-6-15(18-13)10-20-8-7-16-14(9-20)12-21-17(16)11-19(2)3;3*3-2(4,5)1(6)7/h4-6,14,16-17H,7-12H2,1-3H3;3*(H,6,7)/t14-,16-,17-;;;/m1.../s1. The van der Waals surface area contributed by atoms with Gasteiger partial charge in [0, 0.05) is 31.2 Å². The van der Waals surface area contributed by atoms with Gasteiger partial charge >= 0.3 is 36.4 Å². The fourth-order valence-corrected chi connectivity index (χ4v) is 3.77. The number of likely N-dealkylation sites (N-methyl/N-ethyl adjacent to an activating group) is 1. The van der Waals surface area contributed by atoms with Crippen LogP contribution in [0.3, 0.4) is 0 Å². The van der Waals surface area contributed by atoms with Crippen molar-refractivity contribution in [2.75, 3.05) is 40.3 Å². The van der Waals surface area contributed by atoms with Crippen molar-refractivity contribution in [3.05, 3.63) is 29.6 Å². The summed E-state index contributed by atoms with van der Waals surface area (Å²) in [6.45, 7) is 7.35. The maximum absolute atomic E-state index is 10.6. The average molecular weight is 631 g/mol. The summed E-state index contributed by atoms with van der Waals surface area (Å²) in [5, 5.41) is 21.4. The van der Waals surface area contributed by atoms with Crippen molar-refractivity contribution in [3.63, 3.8) is 0 Å². The van der Waals surface area contributed by atoms with Crippen molar-refractivity contribution in [1.82, 2.24) is 14.8 Å². The summed E-state index contributed by atoms with van der Waals surface area (Å²) in [7, 11) is 4.27. The van der Waals surface area contributed by atoms with E-state index in [0.717, 1.165) is 37.9 Å². The van der Waals surface area contributed by atoms with Gasteiger partial charge in [-0.05, 0) is 52.0 Å². The number of ether oxygens (including phenoxy) is 1. The molecule has 0 radical (unpaired) electrons. The number of rotatable bonds is 4. The zero-order valence-electron chi connectivity index (χ0n) is 22.4. The molecule has 2 aliphatic rings. The summed E-state index contributed by atoms with van der Waals surface area (Å²) in [6, 6.07) is 6.31. The first-order valence-electron chi connectivity index (χ1n) is 11.8. The number of piperidine rings is 1. The number of likely N-dealkylation sites (tertiary alicyclic amines) is 1. The van der Waals surface area contributed by atoms with Crippen LogP contribution in [0.2, 0.25) is 0 Å². The van der Waals surface area contributed by atoms with Crippen LogP contribution in [0.25, 0.3) is 0 Å². The largest absolute Gasteiger partial charge is 0.490 e. The molecule has 2 saturated heterocycles. The van der Waals surface area contributed by atoms with Crippen LogP contribution < -0.4 is 0 Å². The molecule has 2 fully saturated rings. The van der Waals surface area contributed by atoms with E-state index in [9.17, 15) is 39.5 Å². The number of halogens is 9. The van der Waals surface area contributed by atoms with Crippen LogP contribution in [-0.4, -0.2) is 113 Å². The molecule has 3 rings (SSSR count). The first-order chi connectivity index (χ1) is 18.9. The fraction of sp³-hybridized carbons (Fsp3) is 0.652. The second-order valence-electron chi connectivity index (χ2n) is 9.26. The Balaban J connectivity index is 0.000000660. The molecule has 1 aromatic rings. The van der Waals surface area contributed by atoms with Crippen molar-refractivity contribution < 1.29 is 74.0 Å². The van der Waals surface area contributed by atoms with E-state index in [1.165, 1.54) is 18.7 Å². The van der Waals surface area contributed by atoms with E-state index in [-0.39, 0.29) is 0 Å². The van der Waals surface area contributed by atoms with Gasteiger partial charge < -0.3 is 25.0 Å². The highest BCUT2D eigenvalue weighted by Gasteiger charge is 2.41. The zero-order valence-corrected chi connectivity index (χ0v) is 22.4. The Morgan fingerprint density at radius 2 is 1.38 bits per heavy atom. The number of aliphatic carboxylic acids is 3. The molecule has 3 atom stereocenters.